The molecule has 1 aliphatic rings. The molecule has 4 heteroatoms. The number of nitrogens with zero attached hydrogens (tertiary/aromatic N) is 2. The van der Waals surface area contributed by atoms with E-state index in [0.717, 1.165) is 32.6 Å². The standard InChI is InChI=1S/C11H23N3O/c1-12-8-10-4-7-14(9-10)11(15)5-6-13(2)3/h10,12H,4-9H2,1-3H3. The number of nitrogens with one attached hydrogen (secondary N) is 1. The number of amides is 1. The molecule has 1 rings (SSSR count). The summed E-state index contributed by atoms with van der Waals surface area (Å²) in [5.74, 6) is 0.959. The van der Waals surface area contributed by atoms with E-state index < -0.39 is 0 Å². The van der Waals surface area contributed by atoms with E-state index in [4.69, 9.17) is 0 Å². The molecule has 0 aromatic heterocycles. The average Bonchev–Trinajstić information content (AvgIpc) is 2.63. The third kappa shape index (κ3) is 4.18. The largest absolute Gasteiger partial charge is 0.342 e. The summed E-state index contributed by atoms with van der Waals surface area (Å²) < 4.78 is 0. The molecule has 4 nitrogen and oxygen atoms in total. The van der Waals surface area contributed by atoms with Crippen LogP contribution in [0.4, 0.5) is 0 Å². The van der Waals surface area contributed by atoms with Gasteiger partial charge in [0.05, 0.1) is 0 Å². The second-order valence-electron chi connectivity index (χ2n) is 4.61. The average molecular weight is 213 g/mol. The van der Waals surface area contributed by atoms with Gasteiger partial charge in [-0.3, -0.25) is 4.79 Å². The fourth-order valence-electron chi connectivity index (χ4n) is 1.99. The molecular weight excluding hydrogens is 190 g/mol. The first kappa shape index (κ1) is 12.5. The van der Waals surface area contributed by atoms with Gasteiger partial charge in [0, 0.05) is 26.1 Å². The van der Waals surface area contributed by atoms with E-state index in [-0.39, 0.29) is 0 Å². The zero-order chi connectivity index (χ0) is 11.3. The Morgan fingerprint density at radius 1 is 1.53 bits per heavy atom. The van der Waals surface area contributed by atoms with Gasteiger partial charge in [-0.15, -0.1) is 0 Å². The number of hydrogen-bond acceptors (Lipinski definition) is 3. The summed E-state index contributed by atoms with van der Waals surface area (Å²) >= 11 is 0. The van der Waals surface area contributed by atoms with E-state index in [2.05, 4.69) is 10.2 Å². The molecule has 1 saturated heterocycles. The van der Waals surface area contributed by atoms with E-state index in [1.165, 1.54) is 0 Å². The zero-order valence-corrected chi connectivity index (χ0v) is 10.1. The van der Waals surface area contributed by atoms with E-state index in [9.17, 15) is 4.79 Å². The van der Waals surface area contributed by atoms with Crippen molar-refractivity contribution in [2.45, 2.75) is 12.8 Å². The Labute approximate surface area is 92.6 Å². The first-order valence-electron chi connectivity index (χ1n) is 5.70. The van der Waals surface area contributed by atoms with Gasteiger partial charge >= 0.3 is 0 Å². The van der Waals surface area contributed by atoms with Crippen molar-refractivity contribution in [1.29, 1.82) is 0 Å². The van der Waals surface area contributed by atoms with Crippen molar-refractivity contribution in [1.82, 2.24) is 15.1 Å². The fourth-order valence-corrected chi connectivity index (χ4v) is 1.99. The molecule has 0 bridgehead atoms. The molecule has 1 fully saturated rings. The number of likely N-dealkylation sites (tertiary alicyclic amines) is 1. The lowest BCUT2D eigenvalue weighted by molar-refractivity contribution is -0.130. The molecule has 0 radical (unpaired) electrons. The SMILES string of the molecule is CNCC1CCN(C(=O)CCN(C)C)C1. The Kier molecular flexibility index (Phi) is 5.05. The Morgan fingerprint density at radius 2 is 2.27 bits per heavy atom. The van der Waals surface area contributed by atoms with Crippen molar-refractivity contribution in [3.63, 3.8) is 0 Å². The quantitative estimate of drug-likeness (QED) is 0.698. The summed E-state index contributed by atoms with van der Waals surface area (Å²) in [6, 6.07) is 0. The van der Waals surface area contributed by atoms with Gasteiger partial charge in [0.25, 0.3) is 0 Å². The van der Waals surface area contributed by atoms with Crippen molar-refractivity contribution < 1.29 is 4.79 Å². The maximum atomic E-state index is 11.8. The molecule has 0 saturated carbocycles. The molecule has 0 aliphatic carbocycles. The normalized spacial score (nSPS) is 21.3. The third-order valence-corrected chi connectivity index (χ3v) is 2.90. The van der Waals surface area contributed by atoms with Gasteiger partial charge < -0.3 is 15.1 Å². The van der Waals surface area contributed by atoms with Crippen LogP contribution >= 0.6 is 0 Å². The summed E-state index contributed by atoms with van der Waals surface area (Å²) in [5, 5.41) is 3.17. The Bertz CT molecular complexity index is 206. The van der Waals surface area contributed by atoms with Crippen molar-refractivity contribution >= 4 is 5.91 Å². The van der Waals surface area contributed by atoms with Crippen LogP contribution in [0.5, 0.6) is 0 Å². The van der Waals surface area contributed by atoms with Crippen LogP contribution in [0.2, 0.25) is 0 Å². The Balaban J connectivity index is 2.24. The highest BCUT2D eigenvalue weighted by molar-refractivity contribution is 5.76. The molecule has 1 amide bonds. The first-order valence-corrected chi connectivity index (χ1v) is 5.70. The summed E-state index contributed by atoms with van der Waals surface area (Å²) in [4.78, 5) is 15.8. The smallest absolute Gasteiger partial charge is 0.223 e. The van der Waals surface area contributed by atoms with Crippen LogP contribution in [-0.2, 0) is 4.79 Å². The van der Waals surface area contributed by atoms with Crippen LogP contribution in [0.1, 0.15) is 12.8 Å². The first-order chi connectivity index (χ1) is 7.13. The van der Waals surface area contributed by atoms with Crippen LogP contribution in [-0.4, -0.2) is 63.0 Å². The maximum Gasteiger partial charge on any atom is 0.223 e. The van der Waals surface area contributed by atoms with Gasteiger partial charge in [-0.05, 0) is 40.0 Å². The highest BCUT2D eigenvalue weighted by Gasteiger charge is 2.25. The molecule has 0 spiro atoms. The summed E-state index contributed by atoms with van der Waals surface area (Å²) in [6.07, 6.45) is 1.80. The molecular formula is C11H23N3O. The summed E-state index contributed by atoms with van der Waals surface area (Å²) in [6.45, 7) is 3.76. The van der Waals surface area contributed by atoms with Crippen molar-refractivity contribution in [3.8, 4) is 0 Å². The summed E-state index contributed by atoms with van der Waals surface area (Å²) in [5.41, 5.74) is 0. The van der Waals surface area contributed by atoms with Crippen LogP contribution in [0, 0.1) is 5.92 Å². The van der Waals surface area contributed by atoms with Gasteiger partial charge in [-0.1, -0.05) is 0 Å². The van der Waals surface area contributed by atoms with Gasteiger partial charge in [-0.2, -0.15) is 0 Å². The van der Waals surface area contributed by atoms with Crippen molar-refractivity contribution in [2.24, 2.45) is 5.92 Å². The predicted molar refractivity (Wildman–Crippen MR) is 61.8 cm³/mol. The van der Waals surface area contributed by atoms with Gasteiger partial charge in [0.1, 0.15) is 0 Å². The monoisotopic (exact) mass is 213 g/mol. The van der Waals surface area contributed by atoms with Crippen LogP contribution in [0.25, 0.3) is 0 Å². The van der Waals surface area contributed by atoms with Gasteiger partial charge in [-0.25, -0.2) is 0 Å². The molecule has 0 aromatic rings. The number of carbonyl (C=O) groups excluding carboxylic acids is 1. The van der Waals surface area contributed by atoms with Gasteiger partial charge in [0.2, 0.25) is 5.91 Å². The lowest BCUT2D eigenvalue weighted by Gasteiger charge is -2.18. The molecule has 88 valence electrons. The van der Waals surface area contributed by atoms with Crippen molar-refractivity contribution in [3.05, 3.63) is 0 Å². The Morgan fingerprint density at radius 3 is 2.87 bits per heavy atom. The minimum Gasteiger partial charge on any atom is -0.342 e. The lowest BCUT2D eigenvalue weighted by atomic mass is 10.1. The van der Waals surface area contributed by atoms with E-state index in [1.54, 1.807) is 0 Å². The van der Waals surface area contributed by atoms with E-state index >= 15 is 0 Å². The molecule has 1 atom stereocenters. The fraction of sp³-hybridized carbons (Fsp3) is 0.909. The predicted octanol–water partition coefficient (Wildman–Crippen LogP) is 0.00600. The number of hydrogen-bond donors (Lipinski definition) is 1. The third-order valence-electron chi connectivity index (χ3n) is 2.90. The molecule has 1 N–H and O–H groups in total. The molecule has 1 aliphatic heterocycles. The topological polar surface area (TPSA) is 35.6 Å². The van der Waals surface area contributed by atoms with Crippen molar-refractivity contribution in [2.75, 3.05) is 47.3 Å². The maximum absolute atomic E-state index is 11.8. The number of rotatable bonds is 5. The van der Waals surface area contributed by atoms with Crippen LogP contribution in [0.3, 0.4) is 0 Å². The molecule has 0 aromatic carbocycles. The van der Waals surface area contributed by atoms with E-state index in [1.807, 2.05) is 26.0 Å². The minimum absolute atomic E-state index is 0.308. The van der Waals surface area contributed by atoms with Crippen LogP contribution < -0.4 is 5.32 Å². The minimum atomic E-state index is 0.308. The highest BCUT2D eigenvalue weighted by atomic mass is 16.2. The second-order valence-corrected chi connectivity index (χ2v) is 4.61. The zero-order valence-electron chi connectivity index (χ0n) is 10.1. The van der Waals surface area contributed by atoms with Gasteiger partial charge in [0.15, 0.2) is 0 Å². The lowest BCUT2D eigenvalue weighted by Crippen LogP contribution is -2.32. The summed E-state index contributed by atoms with van der Waals surface area (Å²) in [7, 11) is 5.97. The highest BCUT2D eigenvalue weighted by Crippen LogP contribution is 2.15. The number of carbonyl (C=O) groups is 1. The Hall–Kier alpha value is -0.610. The second kappa shape index (κ2) is 6.08. The molecule has 1 unspecified atom stereocenters. The van der Waals surface area contributed by atoms with E-state index in [0.29, 0.717) is 18.2 Å². The molecule has 15 heavy (non-hydrogen) atoms. The molecule has 1 heterocycles. The van der Waals surface area contributed by atoms with Crippen LogP contribution in [0.15, 0.2) is 0 Å².